The molecule has 0 aromatic carbocycles. The molecule has 0 aliphatic carbocycles. The number of hydrogen-bond donors (Lipinski definition) is 0. The first-order chi connectivity index (χ1) is 16.2. The number of hydrogen-bond acceptors (Lipinski definition) is 2. The first-order valence-corrected chi connectivity index (χ1v) is 15.1. The molecule has 1 heterocycles. The Kier molecular flexibility index (Phi) is 23.3. The summed E-state index contributed by atoms with van der Waals surface area (Å²) < 4.78 is 0. The van der Waals surface area contributed by atoms with Gasteiger partial charge in [0.1, 0.15) is 0 Å². The summed E-state index contributed by atoms with van der Waals surface area (Å²) in [6.07, 6.45) is 25.5. The predicted octanol–water partition coefficient (Wildman–Crippen LogP) is 7.46. The first-order valence-electron chi connectivity index (χ1n) is 14.1. The zero-order valence-corrected chi connectivity index (χ0v) is 25.9. The van der Waals surface area contributed by atoms with E-state index in [0.717, 1.165) is 25.7 Å². The summed E-state index contributed by atoms with van der Waals surface area (Å²) in [4.78, 5) is 27.0. The molecule has 0 aromatic heterocycles. The minimum Gasteiger partial charge on any atom is -0.0654 e. The van der Waals surface area contributed by atoms with Crippen molar-refractivity contribution in [3.05, 3.63) is 10.5 Å². The molecule has 0 bridgehead atoms. The zero-order valence-electron chi connectivity index (χ0n) is 22.1. The third-order valence-electron chi connectivity index (χ3n) is 6.79. The van der Waals surface area contributed by atoms with Gasteiger partial charge in [0.15, 0.2) is 0 Å². The van der Waals surface area contributed by atoms with E-state index in [1.165, 1.54) is 103 Å². The number of nitrogens with zero attached hydrogens (tertiary/aromatic N) is 2. The van der Waals surface area contributed by atoms with E-state index in [4.69, 9.17) is 0 Å². The number of carbonyl (C=O) groups is 2. The van der Waals surface area contributed by atoms with Gasteiger partial charge in [0.05, 0.1) is 0 Å². The summed E-state index contributed by atoms with van der Waals surface area (Å²) in [5.74, 6) is -0.247. The van der Waals surface area contributed by atoms with Gasteiger partial charge >= 0.3 is 161 Å². The number of amides is 2. The van der Waals surface area contributed by atoms with Gasteiger partial charge in [-0.1, -0.05) is 52.4 Å². The maximum atomic E-state index is 12.7. The number of carbonyl (C=O) groups excluding carboxylic acids is 2. The second-order valence-corrected chi connectivity index (χ2v) is 10.2. The molecule has 0 atom stereocenters. The van der Waals surface area contributed by atoms with Crippen molar-refractivity contribution >= 4 is 27.8 Å². The van der Waals surface area contributed by atoms with Gasteiger partial charge in [0.2, 0.25) is 0 Å². The fourth-order valence-electron chi connectivity index (χ4n) is 4.63. The molecule has 6 heteroatoms. The maximum absolute atomic E-state index is 12.7. The van der Waals surface area contributed by atoms with E-state index in [2.05, 4.69) is 29.9 Å². The second kappa shape index (κ2) is 23.3. The van der Waals surface area contributed by atoms with Gasteiger partial charge < -0.3 is 0 Å². The molecule has 1 rings (SSSR count). The quantitative estimate of drug-likeness (QED) is 0.0504. The average molecular weight is 724 g/mol. The van der Waals surface area contributed by atoms with Crippen LogP contribution in [0.1, 0.15) is 142 Å². The Morgan fingerprint density at radius 2 is 0.794 bits per heavy atom. The second-order valence-electron chi connectivity index (χ2n) is 9.75. The molecule has 0 N–H and O–H groups in total. The Labute approximate surface area is 234 Å². The molecular weight excluding hydrogens is 672 g/mol. The van der Waals surface area contributed by atoms with Gasteiger partial charge in [0, 0.05) is 22.4 Å². The third kappa shape index (κ3) is 14.5. The minimum absolute atomic E-state index is 0. The summed E-state index contributed by atoms with van der Waals surface area (Å²) in [5, 5.41) is 3.42. The summed E-state index contributed by atoms with van der Waals surface area (Å²) in [6, 6.07) is 0. The van der Waals surface area contributed by atoms with Crippen LogP contribution in [0.25, 0.3) is 0 Å². The molecule has 1 aliphatic rings. The first kappa shape index (κ1) is 33.9. The Bertz CT molecular complexity index is 513. The standard InChI is InChI=1S/C28H51N2O2Se.Au/c1-3-5-7-9-11-13-15-17-19-21-23-29-27(31)26(25-33)28(32)30(29)24-22-20-18-16-14-12-10-8-6-4-2;/h25H,3-24H2,1-2H3;. The molecule has 2 radical (unpaired) electrons. The van der Waals surface area contributed by atoms with Crippen molar-refractivity contribution in [2.45, 2.75) is 142 Å². The molecule has 1 fully saturated rings. The molecule has 34 heavy (non-hydrogen) atoms. The van der Waals surface area contributed by atoms with Crippen LogP contribution < -0.4 is 0 Å². The van der Waals surface area contributed by atoms with Crippen molar-refractivity contribution < 1.29 is 32.0 Å². The molecule has 0 unspecified atom stereocenters. The number of hydrazine groups is 1. The van der Waals surface area contributed by atoms with E-state index >= 15 is 0 Å². The van der Waals surface area contributed by atoms with Crippen molar-refractivity contribution in [1.29, 1.82) is 0 Å². The normalized spacial score (nSPS) is 13.6. The predicted molar refractivity (Wildman–Crippen MR) is 141 cm³/mol. The van der Waals surface area contributed by atoms with Crippen molar-refractivity contribution in [3.63, 3.8) is 0 Å². The number of rotatable bonds is 22. The summed E-state index contributed by atoms with van der Waals surface area (Å²) in [5.41, 5.74) is 0.300. The summed E-state index contributed by atoms with van der Waals surface area (Å²) >= 11 is 2.75. The number of unbranched alkanes of at least 4 members (excludes halogenated alkanes) is 18. The van der Waals surface area contributed by atoms with Gasteiger partial charge in [-0.2, -0.15) is 0 Å². The molecule has 0 aromatic rings. The van der Waals surface area contributed by atoms with Crippen LogP contribution >= 0.6 is 0 Å². The van der Waals surface area contributed by atoms with Gasteiger partial charge in [0.25, 0.3) is 0 Å². The topological polar surface area (TPSA) is 40.6 Å². The van der Waals surface area contributed by atoms with Crippen molar-refractivity contribution in [2.24, 2.45) is 0 Å². The van der Waals surface area contributed by atoms with Gasteiger partial charge in [-0.05, 0) is 0 Å². The van der Waals surface area contributed by atoms with Gasteiger partial charge in [-0.3, -0.25) is 0 Å². The molecule has 202 valence electrons. The molecule has 4 nitrogen and oxygen atoms in total. The minimum atomic E-state index is -0.123. The molecule has 1 aliphatic heterocycles. The van der Waals surface area contributed by atoms with E-state index in [1.54, 1.807) is 15.0 Å². The van der Waals surface area contributed by atoms with Crippen molar-refractivity contribution in [3.8, 4) is 0 Å². The van der Waals surface area contributed by atoms with E-state index in [9.17, 15) is 9.59 Å². The van der Waals surface area contributed by atoms with Crippen LogP contribution in [-0.2, 0) is 32.0 Å². The monoisotopic (exact) mass is 724 g/mol. The molecule has 1 saturated heterocycles. The SMILES string of the molecule is CCCCCCCCCCCCN1C(=O)C(=C[Se])C(=O)N1CCCCCCCCCCCC.[Au]. The van der Waals surface area contributed by atoms with Crippen LogP contribution in [0.15, 0.2) is 10.5 Å². The van der Waals surface area contributed by atoms with Crippen molar-refractivity contribution in [2.75, 3.05) is 13.1 Å². The Hall–Kier alpha value is -0.0603. The summed E-state index contributed by atoms with van der Waals surface area (Å²) in [6.45, 7) is 5.84. The van der Waals surface area contributed by atoms with Crippen LogP contribution in [0.2, 0.25) is 0 Å². The average Bonchev–Trinajstić information content (AvgIpc) is 3.04. The van der Waals surface area contributed by atoms with Crippen molar-refractivity contribution in [1.82, 2.24) is 10.0 Å². The molecule has 2 amide bonds. The van der Waals surface area contributed by atoms with E-state index < -0.39 is 0 Å². The van der Waals surface area contributed by atoms with E-state index in [-0.39, 0.29) is 34.2 Å². The molecule has 0 saturated carbocycles. The Balaban J connectivity index is 0.0000109. The Morgan fingerprint density at radius 1 is 0.529 bits per heavy atom. The smallest absolute Gasteiger partial charge is 0.0654 e. The van der Waals surface area contributed by atoms with Crippen LogP contribution in [0.3, 0.4) is 0 Å². The van der Waals surface area contributed by atoms with Crippen LogP contribution in [-0.4, -0.2) is 50.9 Å². The fourth-order valence-corrected chi connectivity index (χ4v) is 5.06. The summed E-state index contributed by atoms with van der Waals surface area (Å²) in [7, 11) is 0. The van der Waals surface area contributed by atoms with Gasteiger partial charge in [-0.15, -0.1) is 0 Å². The Morgan fingerprint density at radius 3 is 1.06 bits per heavy atom. The van der Waals surface area contributed by atoms with Crippen LogP contribution in [0, 0.1) is 0 Å². The zero-order chi connectivity index (χ0) is 24.2. The fraction of sp³-hybridized carbons (Fsp3) is 0.857. The molecular formula is C28H51AuN2O2Se. The van der Waals surface area contributed by atoms with E-state index in [0.29, 0.717) is 18.7 Å². The third-order valence-corrected chi connectivity index (χ3v) is 7.28. The molecule has 0 spiro atoms. The van der Waals surface area contributed by atoms with E-state index in [1.807, 2.05) is 0 Å². The van der Waals surface area contributed by atoms with Gasteiger partial charge in [-0.25, -0.2) is 0 Å². The van der Waals surface area contributed by atoms with Crippen LogP contribution in [0.5, 0.6) is 0 Å². The van der Waals surface area contributed by atoms with Crippen LogP contribution in [0.4, 0.5) is 0 Å².